The normalized spacial score (nSPS) is 14.2. The van der Waals surface area contributed by atoms with E-state index in [1.54, 1.807) is 12.1 Å². The monoisotopic (exact) mass is 615 g/mol. The zero-order chi connectivity index (χ0) is 31.5. The van der Waals surface area contributed by atoms with Crippen LogP contribution in [0.3, 0.4) is 0 Å². The second-order valence-electron chi connectivity index (χ2n) is 13.1. The highest BCUT2D eigenvalue weighted by Gasteiger charge is 2.39. The van der Waals surface area contributed by atoms with Crippen molar-refractivity contribution in [1.82, 2.24) is 14.5 Å². The lowest BCUT2D eigenvalue weighted by molar-refractivity contribution is 0.0597. The van der Waals surface area contributed by atoms with Gasteiger partial charge in [0, 0.05) is 24.7 Å². The molecule has 0 bridgehead atoms. The third-order valence-corrected chi connectivity index (χ3v) is 13.3. The average Bonchev–Trinajstić information content (AvgIpc) is 3.64. The van der Waals surface area contributed by atoms with Crippen molar-refractivity contribution in [2.75, 3.05) is 33.4 Å². The fourth-order valence-corrected chi connectivity index (χ4v) is 6.37. The van der Waals surface area contributed by atoms with Crippen molar-refractivity contribution in [3.05, 3.63) is 77.4 Å². The summed E-state index contributed by atoms with van der Waals surface area (Å²) in [5.74, 6) is 1.99. The summed E-state index contributed by atoms with van der Waals surface area (Å²) >= 11 is 0. The van der Waals surface area contributed by atoms with Crippen LogP contribution in [0.2, 0.25) is 18.1 Å². The molecule has 0 atom stereocenters. The van der Waals surface area contributed by atoms with Gasteiger partial charge < -0.3 is 23.6 Å². The Hall–Kier alpha value is -3.66. The van der Waals surface area contributed by atoms with Crippen LogP contribution in [0, 0.1) is 0 Å². The second kappa shape index (κ2) is 13.1. The molecule has 0 saturated carbocycles. The first-order chi connectivity index (χ1) is 21.0. The number of nitrogens with zero attached hydrogens (tertiary/aromatic N) is 3. The molecule has 0 radical (unpaired) electrons. The Labute approximate surface area is 261 Å². The molecule has 8 nitrogen and oxygen atoms in total. The minimum atomic E-state index is -2.04. The molecule has 1 aromatic heterocycles. The molecular formula is C35H45N3O5Si. The summed E-state index contributed by atoms with van der Waals surface area (Å²) in [7, 11) is -0.689. The highest BCUT2D eigenvalue weighted by atomic mass is 28.4. The number of esters is 1. The van der Waals surface area contributed by atoms with E-state index in [0.717, 1.165) is 59.1 Å². The largest absolute Gasteiger partial charge is 0.543 e. The van der Waals surface area contributed by atoms with Crippen molar-refractivity contribution in [3.63, 3.8) is 0 Å². The zero-order valence-corrected chi connectivity index (χ0v) is 27.9. The van der Waals surface area contributed by atoms with Gasteiger partial charge in [-0.25, -0.2) is 9.78 Å². The molecule has 0 aliphatic carbocycles. The van der Waals surface area contributed by atoms with Crippen LogP contribution in [-0.2, 0) is 17.9 Å². The third-order valence-electron chi connectivity index (χ3n) is 8.98. The van der Waals surface area contributed by atoms with Gasteiger partial charge in [0.05, 0.1) is 30.3 Å². The number of aliphatic hydroxyl groups excluding tert-OH is 1. The molecule has 0 spiro atoms. The van der Waals surface area contributed by atoms with E-state index < -0.39 is 14.3 Å². The van der Waals surface area contributed by atoms with Gasteiger partial charge in [-0.3, -0.25) is 4.90 Å². The van der Waals surface area contributed by atoms with E-state index in [1.807, 2.05) is 42.5 Å². The molecule has 1 aliphatic rings. The molecule has 5 rings (SSSR count). The van der Waals surface area contributed by atoms with Gasteiger partial charge in [0.2, 0.25) is 8.32 Å². The number of methoxy groups -OCH3 is 1. The molecule has 0 unspecified atom stereocenters. The molecule has 1 N–H and O–H groups in total. The maximum Gasteiger partial charge on any atom is 0.338 e. The SMILES string of the molecule is COC(=O)c1cc(Cn2c(-c3ccc(OCCN4CCCC4)cc3)nc3cc(O[Si](C)(C)C(C)(C)C)ccc32)ccc1CO. The second-order valence-corrected chi connectivity index (χ2v) is 17.8. The number of carbonyl (C=O) groups excluding carboxylic acids is 1. The molecule has 234 valence electrons. The minimum Gasteiger partial charge on any atom is -0.543 e. The van der Waals surface area contributed by atoms with Crippen molar-refractivity contribution in [2.45, 2.75) is 64.9 Å². The number of aromatic nitrogens is 2. The summed E-state index contributed by atoms with van der Waals surface area (Å²) in [4.78, 5) is 20.0. The molecule has 3 aromatic carbocycles. The van der Waals surface area contributed by atoms with Crippen molar-refractivity contribution < 1.29 is 23.8 Å². The summed E-state index contributed by atoms with van der Waals surface area (Å²) < 4.78 is 19.8. The molecule has 2 heterocycles. The third kappa shape index (κ3) is 7.01. The minimum absolute atomic E-state index is 0.0723. The van der Waals surface area contributed by atoms with Crippen molar-refractivity contribution in [1.29, 1.82) is 0 Å². The van der Waals surface area contributed by atoms with E-state index in [-0.39, 0.29) is 11.6 Å². The Balaban J connectivity index is 1.49. The summed E-state index contributed by atoms with van der Waals surface area (Å²) in [5.41, 5.74) is 4.54. The van der Waals surface area contributed by atoms with E-state index in [2.05, 4.69) is 49.4 Å². The van der Waals surface area contributed by atoms with Crippen LogP contribution in [0.4, 0.5) is 0 Å². The van der Waals surface area contributed by atoms with E-state index in [4.69, 9.17) is 18.9 Å². The summed E-state index contributed by atoms with van der Waals surface area (Å²) in [6.45, 7) is 15.3. The van der Waals surface area contributed by atoms with Crippen LogP contribution >= 0.6 is 0 Å². The van der Waals surface area contributed by atoms with Gasteiger partial charge >= 0.3 is 5.97 Å². The molecule has 9 heteroatoms. The van der Waals surface area contributed by atoms with E-state index in [9.17, 15) is 9.90 Å². The van der Waals surface area contributed by atoms with Crippen LogP contribution < -0.4 is 9.16 Å². The number of rotatable bonds is 11. The number of aliphatic hydroxyl groups is 1. The lowest BCUT2D eigenvalue weighted by Crippen LogP contribution is -2.43. The fraction of sp³-hybridized carbons (Fsp3) is 0.429. The highest BCUT2D eigenvalue weighted by molar-refractivity contribution is 6.74. The molecule has 1 aliphatic heterocycles. The first-order valence-electron chi connectivity index (χ1n) is 15.4. The predicted octanol–water partition coefficient (Wildman–Crippen LogP) is 6.89. The lowest BCUT2D eigenvalue weighted by Gasteiger charge is -2.36. The molecular weight excluding hydrogens is 570 g/mol. The fourth-order valence-electron chi connectivity index (χ4n) is 5.34. The topological polar surface area (TPSA) is 86.1 Å². The van der Waals surface area contributed by atoms with Crippen LogP contribution in [-0.4, -0.2) is 67.2 Å². The number of imidazole rings is 1. The van der Waals surface area contributed by atoms with Crippen molar-refractivity contribution >= 4 is 25.3 Å². The maximum atomic E-state index is 12.5. The predicted molar refractivity (Wildman–Crippen MR) is 177 cm³/mol. The quantitative estimate of drug-likeness (QED) is 0.145. The lowest BCUT2D eigenvalue weighted by atomic mass is 10.0. The number of carbonyl (C=O) groups is 1. The Morgan fingerprint density at radius 2 is 1.68 bits per heavy atom. The van der Waals surface area contributed by atoms with E-state index in [1.165, 1.54) is 20.0 Å². The van der Waals surface area contributed by atoms with Crippen LogP contribution in [0.5, 0.6) is 11.5 Å². The van der Waals surface area contributed by atoms with Gasteiger partial charge in [-0.1, -0.05) is 32.9 Å². The summed E-state index contributed by atoms with van der Waals surface area (Å²) in [5, 5.41) is 9.86. The Morgan fingerprint density at radius 1 is 0.977 bits per heavy atom. The van der Waals surface area contributed by atoms with Gasteiger partial charge in [-0.05, 0) is 97.7 Å². The number of hydrogen-bond donors (Lipinski definition) is 1. The smallest absolute Gasteiger partial charge is 0.338 e. The first kappa shape index (κ1) is 31.8. The number of ether oxygens (including phenoxy) is 2. The average molecular weight is 616 g/mol. The molecule has 4 aromatic rings. The van der Waals surface area contributed by atoms with Crippen LogP contribution in [0.15, 0.2) is 60.7 Å². The standard InChI is InChI=1S/C35H45N3O5Si/c1-35(2,3)44(5,6)43-29-15-16-32-31(22-29)36-33(26-11-13-28(14-12-26)42-20-19-37-17-7-8-18-37)38(32)23-25-9-10-27(24-39)30(21-25)34(40)41-4/h9-16,21-22,39H,7-8,17-20,23-24H2,1-6H3. The molecule has 1 fully saturated rings. The van der Waals surface area contributed by atoms with Crippen molar-refractivity contribution in [2.24, 2.45) is 0 Å². The number of likely N-dealkylation sites (tertiary alicyclic amines) is 1. The number of hydrogen-bond acceptors (Lipinski definition) is 7. The van der Waals surface area contributed by atoms with Crippen LogP contribution in [0.1, 0.15) is 55.1 Å². The van der Waals surface area contributed by atoms with Gasteiger partial charge in [-0.15, -0.1) is 0 Å². The van der Waals surface area contributed by atoms with Crippen molar-refractivity contribution in [3.8, 4) is 22.9 Å². The van der Waals surface area contributed by atoms with Gasteiger partial charge in [-0.2, -0.15) is 0 Å². The molecule has 44 heavy (non-hydrogen) atoms. The van der Waals surface area contributed by atoms with Gasteiger partial charge in [0.25, 0.3) is 0 Å². The molecule has 1 saturated heterocycles. The Bertz CT molecular complexity index is 1600. The maximum absolute atomic E-state index is 12.5. The number of fused-ring (bicyclic) bond motifs is 1. The van der Waals surface area contributed by atoms with Gasteiger partial charge in [0.15, 0.2) is 0 Å². The summed E-state index contributed by atoms with van der Waals surface area (Å²) in [6, 6.07) is 19.7. The Kier molecular flexibility index (Phi) is 9.48. The summed E-state index contributed by atoms with van der Waals surface area (Å²) in [6.07, 6.45) is 2.55. The molecule has 0 amide bonds. The first-order valence-corrected chi connectivity index (χ1v) is 18.4. The van der Waals surface area contributed by atoms with Crippen LogP contribution in [0.25, 0.3) is 22.4 Å². The Morgan fingerprint density at radius 3 is 2.34 bits per heavy atom. The number of benzene rings is 3. The highest BCUT2D eigenvalue weighted by Crippen LogP contribution is 2.38. The van der Waals surface area contributed by atoms with Gasteiger partial charge in [0.1, 0.15) is 23.9 Å². The van der Waals surface area contributed by atoms with E-state index in [0.29, 0.717) is 24.3 Å². The zero-order valence-electron chi connectivity index (χ0n) is 26.9. The van der Waals surface area contributed by atoms with E-state index >= 15 is 0 Å².